The molecule has 326 valence electrons. The molecule has 1 aromatic rings. The van der Waals surface area contributed by atoms with Gasteiger partial charge >= 0.3 is 0 Å². The Morgan fingerprint density at radius 1 is 0.983 bits per heavy atom. The summed E-state index contributed by atoms with van der Waals surface area (Å²) >= 11 is 0. The Hall–Kier alpha value is -3.93. The lowest BCUT2D eigenvalue weighted by atomic mass is 9.72. The summed E-state index contributed by atoms with van der Waals surface area (Å²) < 4.78 is 4.95. The summed E-state index contributed by atoms with van der Waals surface area (Å²) in [7, 11) is 1.53. The molecule has 0 aliphatic heterocycles. The van der Waals surface area contributed by atoms with Crippen molar-refractivity contribution in [1.29, 1.82) is 0 Å². The number of carbonyl (C=O) groups is 1. The number of allylic oxidation sites excluding steroid dienone is 13. The fourth-order valence-electron chi connectivity index (χ4n) is 6.24. The molecule has 0 aromatic heterocycles. The predicted molar refractivity (Wildman–Crippen MR) is 254 cm³/mol. The third kappa shape index (κ3) is 28.5. The van der Waals surface area contributed by atoms with Crippen molar-refractivity contribution in [3.8, 4) is 11.5 Å². The fourth-order valence-corrected chi connectivity index (χ4v) is 6.24. The fraction of sp³-hybridized carbons (Fsp3) is 0.528. The molecule has 5 nitrogen and oxygen atoms in total. The zero-order chi connectivity index (χ0) is 44.9. The Balaban J connectivity index is 0. The van der Waals surface area contributed by atoms with Crippen LogP contribution in [0.5, 0.6) is 11.5 Å². The zero-order valence-corrected chi connectivity index (χ0v) is 39.2. The van der Waals surface area contributed by atoms with Gasteiger partial charge in [-0.15, -0.1) is 13.2 Å². The van der Waals surface area contributed by atoms with Gasteiger partial charge in [0.05, 0.1) is 19.3 Å². The molecule has 58 heavy (non-hydrogen) atoms. The summed E-state index contributed by atoms with van der Waals surface area (Å²) in [5, 5.41) is 27.3. The van der Waals surface area contributed by atoms with Crippen LogP contribution in [0.25, 0.3) is 0 Å². The number of hydrogen-bond acceptors (Lipinski definition) is 5. The van der Waals surface area contributed by atoms with Crippen LogP contribution < -0.4 is 4.74 Å². The first-order valence-corrected chi connectivity index (χ1v) is 21.1. The van der Waals surface area contributed by atoms with Crippen molar-refractivity contribution in [2.45, 2.75) is 159 Å². The first kappa shape index (κ1) is 56.2. The molecule has 0 saturated carbocycles. The van der Waals surface area contributed by atoms with E-state index in [-0.39, 0.29) is 23.6 Å². The zero-order valence-electron chi connectivity index (χ0n) is 39.2. The van der Waals surface area contributed by atoms with Crippen molar-refractivity contribution < 1.29 is 24.9 Å². The number of aliphatic hydroxyl groups excluding tert-OH is 1. The van der Waals surface area contributed by atoms with Gasteiger partial charge < -0.3 is 20.1 Å². The van der Waals surface area contributed by atoms with Gasteiger partial charge in [0.25, 0.3) is 0 Å². The molecule has 3 rings (SSSR count). The number of phenolic OH excluding ortho intramolecular Hbond substituents is 1. The Labute approximate surface area is 356 Å². The number of benzene rings is 1. The van der Waals surface area contributed by atoms with Gasteiger partial charge in [0.15, 0.2) is 17.3 Å². The Morgan fingerprint density at radius 3 is 2.07 bits per heavy atom. The van der Waals surface area contributed by atoms with E-state index in [1.807, 2.05) is 24.3 Å². The first-order valence-electron chi connectivity index (χ1n) is 21.1. The van der Waals surface area contributed by atoms with Gasteiger partial charge in [-0.1, -0.05) is 102 Å². The second-order valence-electron chi connectivity index (χ2n) is 17.2. The number of aromatic hydroxyl groups is 1. The van der Waals surface area contributed by atoms with Gasteiger partial charge in [0.2, 0.25) is 0 Å². The minimum absolute atomic E-state index is 0.131. The summed E-state index contributed by atoms with van der Waals surface area (Å²) in [4.78, 5) is 10.9. The lowest BCUT2D eigenvalue weighted by molar-refractivity contribution is -0.112. The molecule has 0 fully saturated rings. The van der Waals surface area contributed by atoms with E-state index < -0.39 is 5.60 Å². The molecular formula is C53H84O5. The van der Waals surface area contributed by atoms with E-state index in [0.717, 1.165) is 43.6 Å². The van der Waals surface area contributed by atoms with Gasteiger partial charge in [-0.25, -0.2) is 0 Å². The number of ketones is 1. The Morgan fingerprint density at radius 2 is 1.60 bits per heavy atom. The highest BCUT2D eigenvalue weighted by Gasteiger charge is 2.26. The van der Waals surface area contributed by atoms with Crippen LogP contribution in [0.4, 0.5) is 0 Å². The monoisotopic (exact) mass is 801 g/mol. The number of phenols is 1. The summed E-state index contributed by atoms with van der Waals surface area (Å²) in [6.45, 7) is 36.1. The number of ether oxygens (including phenoxy) is 1. The van der Waals surface area contributed by atoms with Crippen LogP contribution in [0.2, 0.25) is 0 Å². The van der Waals surface area contributed by atoms with Crippen molar-refractivity contribution in [3.05, 3.63) is 131 Å². The maximum Gasteiger partial charge on any atom is 0.160 e. The van der Waals surface area contributed by atoms with Crippen molar-refractivity contribution >= 4 is 5.78 Å². The van der Waals surface area contributed by atoms with Gasteiger partial charge in [-0.2, -0.15) is 0 Å². The molecule has 0 spiro atoms. The average molecular weight is 801 g/mol. The van der Waals surface area contributed by atoms with Crippen LogP contribution in [0, 0.1) is 11.3 Å². The molecule has 3 N–H and O–H groups in total. The third-order valence-corrected chi connectivity index (χ3v) is 10.2. The van der Waals surface area contributed by atoms with E-state index in [4.69, 9.17) is 9.84 Å². The quantitative estimate of drug-likeness (QED) is 0.129. The highest BCUT2D eigenvalue weighted by Crippen LogP contribution is 2.40. The van der Waals surface area contributed by atoms with Crippen LogP contribution in [0.15, 0.2) is 126 Å². The second kappa shape index (κ2) is 31.1. The van der Waals surface area contributed by atoms with E-state index in [1.54, 1.807) is 43.7 Å². The number of carbonyl (C=O) groups excluding carboxylic acids is 1. The Kier molecular flexibility index (Phi) is 30.1. The standard InChI is InChI=1S/C13H20O.C10H12O2.2C10H18O.C10H16/c1-10-6-5-9-13(3,4)12(10)8-7-11(2)14;1-3-4-8-5-6-9(11)10(7-8)12-2;1-9(2)5-4-6-10(3)7-8-11;1-5-10(4,11)8-6-7-9(2)3;1-8(2)10-6-4-9(3)5-7-10/h7-8H,5-6,9H2,1-4H3;3,5-7,11H,1,4H2,2H3;5,7,11H,4,6,8H2,1-3H3;5,7,11H,1,6,8H2,2-4H3;4,10H,1,5-7H2,2-3H3/b8-7+;;10-7+;;. The number of aliphatic hydroxyl groups is 2. The van der Waals surface area contributed by atoms with E-state index >= 15 is 0 Å². The average Bonchev–Trinajstić information content (AvgIpc) is 3.13. The molecule has 2 aliphatic carbocycles. The molecular weight excluding hydrogens is 717 g/mol. The van der Waals surface area contributed by atoms with Gasteiger partial charge in [0, 0.05) is 0 Å². The molecule has 0 bridgehead atoms. The molecule has 1 aromatic carbocycles. The minimum Gasteiger partial charge on any atom is -0.504 e. The van der Waals surface area contributed by atoms with Gasteiger partial charge in [-0.3, -0.25) is 4.79 Å². The van der Waals surface area contributed by atoms with Crippen LogP contribution in [0.3, 0.4) is 0 Å². The predicted octanol–water partition coefficient (Wildman–Crippen LogP) is 14.4. The summed E-state index contributed by atoms with van der Waals surface area (Å²) in [6.07, 6.45) is 27.8. The van der Waals surface area contributed by atoms with Crippen LogP contribution in [-0.2, 0) is 11.2 Å². The first-order chi connectivity index (χ1) is 27.0. The number of methoxy groups -OCH3 is 1. The molecule has 0 heterocycles. The topological polar surface area (TPSA) is 87.0 Å². The van der Waals surface area contributed by atoms with Crippen LogP contribution >= 0.6 is 0 Å². The smallest absolute Gasteiger partial charge is 0.160 e. The largest absolute Gasteiger partial charge is 0.504 e. The maximum absolute atomic E-state index is 10.9. The van der Waals surface area contributed by atoms with Crippen LogP contribution in [-0.4, -0.2) is 40.4 Å². The van der Waals surface area contributed by atoms with Gasteiger partial charge in [0.1, 0.15) is 0 Å². The van der Waals surface area contributed by atoms with Crippen LogP contribution in [0.1, 0.15) is 153 Å². The van der Waals surface area contributed by atoms with E-state index in [1.165, 1.54) is 79.1 Å². The molecule has 2 atom stereocenters. The Bertz CT molecular complexity index is 1580. The van der Waals surface area contributed by atoms with Crippen molar-refractivity contribution in [1.82, 2.24) is 0 Å². The lowest BCUT2D eigenvalue weighted by Gasteiger charge is -2.32. The molecule has 5 heteroatoms. The van der Waals surface area contributed by atoms with Crippen molar-refractivity contribution in [2.24, 2.45) is 11.3 Å². The van der Waals surface area contributed by atoms with Gasteiger partial charge in [-0.05, 0) is 181 Å². The molecule has 0 radical (unpaired) electrons. The summed E-state index contributed by atoms with van der Waals surface area (Å²) in [5.41, 5.74) is 10.3. The molecule has 0 saturated heterocycles. The highest BCUT2D eigenvalue weighted by molar-refractivity contribution is 5.87. The molecule has 2 aliphatic rings. The van der Waals surface area contributed by atoms with E-state index in [0.29, 0.717) is 5.75 Å². The van der Waals surface area contributed by atoms with Crippen molar-refractivity contribution in [2.75, 3.05) is 13.7 Å². The summed E-state index contributed by atoms with van der Waals surface area (Å²) in [5.74, 6) is 1.58. The third-order valence-electron chi connectivity index (χ3n) is 10.2. The second-order valence-corrected chi connectivity index (χ2v) is 17.2. The van der Waals surface area contributed by atoms with E-state index in [2.05, 4.69) is 107 Å². The SMILES string of the molecule is C=C(C)C1CC=C(C)CC1.C=CC(C)(O)CCC=C(C)C.C=CCc1ccc(O)c(OC)c1.CC(=O)/C=C/C1=C(C)CCCC1(C)C.CC(C)=CCC/C(C)=C/CO. The molecule has 2 unspecified atom stereocenters. The molecule has 0 amide bonds. The lowest BCUT2D eigenvalue weighted by Crippen LogP contribution is -2.19. The number of hydrogen-bond donors (Lipinski definition) is 3. The highest BCUT2D eigenvalue weighted by atomic mass is 16.5. The maximum atomic E-state index is 10.9. The normalized spacial score (nSPS) is 16.7. The van der Waals surface area contributed by atoms with Crippen molar-refractivity contribution in [3.63, 3.8) is 0 Å². The van der Waals surface area contributed by atoms with E-state index in [9.17, 15) is 15.0 Å². The number of rotatable bonds is 14. The summed E-state index contributed by atoms with van der Waals surface area (Å²) in [6, 6.07) is 5.27. The minimum atomic E-state index is -0.702.